The monoisotopic (exact) mass is 373 g/mol. The van der Waals surface area contributed by atoms with Crippen molar-refractivity contribution in [1.29, 1.82) is 0 Å². The predicted molar refractivity (Wildman–Crippen MR) is 96.0 cm³/mol. The van der Waals surface area contributed by atoms with Gasteiger partial charge in [0.05, 0.1) is 11.1 Å². The first-order valence-electron chi connectivity index (χ1n) is 8.10. The molecule has 0 aliphatic rings. The molecule has 3 aromatic carbocycles. The van der Waals surface area contributed by atoms with Crippen LogP contribution in [0.2, 0.25) is 0 Å². The molecule has 0 spiro atoms. The summed E-state index contributed by atoms with van der Waals surface area (Å²) in [6.45, 7) is 1.61. The molecule has 0 fully saturated rings. The average molecular weight is 373 g/mol. The predicted octanol–water partition coefficient (Wildman–Crippen LogP) is 6.07. The number of halogens is 4. The van der Waals surface area contributed by atoms with Gasteiger partial charge in [-0.3, -0.25) is 4.79 Å². The SMILES string of the molecule is Cc1cc(-c2ccccc2NC(=O)c2ccccc2C(F)(F)F)ccc1F. The fraction of sp³-hybridized carbons (Fsp3) is 0.0952. The lowest BCUT2D eigenvalue weighted by atomic mass is 10.0. The largest absolute Gasteiger partial charge is 0.417 e. The summed E-state index contributed by atoms with van der Waals surface area (Å²) in [6.07, 6.45) is -4.64. The zero-order valence-corrected chi connectivity index (χ0v) is 14.3. The van der Waals surface area contributed by atoms with Crippen LogP contribution in [0.1, 0.15) is 21.5 Å². The van der Waals surface area contributed by atoms with Gasteiger partial charge in [-0.1, -0.05) is 36.4 Å². The summed E-state index contributed by atoms with van der Waals surface area (Å²) in [5.41, 5.74) is 0.529. The summed E-state index contributed by atoms with van der Waals surface area (Å²) in [6, 6.07) is 15.8. The van der Waals surface area contributed by atoms with Crippen LogP contribution in [0, 0.1) is 12.7 Å². The molecule has 3 aromatic rings. The van der Waals surface area contributed by atoms with Gasteiger partial charge in [0.1, 0.15) is 5.82 Å². The summed E-state index contributed by atoms with van der Waals surface area (Å²) < 4.78 is 53.0. The van der Waals surface area contributed by atoms with E-state index >= 15 is 0 Å². The van der Waals surface area contributed by atoms with Crippen LogP contribution in [-0.4, -0.2) is 5.91 Å². The number of carbonyl (C=O) groups excluding carboxylic acids is 1. The Bertz CT molecular complexity index is 995. The third-order valence-corrected chi connectivity index (χ3v) is 4.12. The molecule has 0 heterocycles. The molecule has 0 saturated heterocycles. The molecule has 2 nitrogen and oxygen atoms in total. The summed E-state index contributed by atoms with van der Waals surface area (Å²) in [4.78, 5) is 12.5. The zero-order chi connectivity index (χ0) is 19.6. The first-order chi connectivity index (χ1) is 12.8. The fourth-order valence-electron chi connectivity index (χ4n) is 2.77. The second-order valence-electron chi connectivity index (χ2n) is 6.01. The number of amides is 1. The van der Waals surface area contributed by atoms with Crippen molar-refractivity contribution >= 4 is 11.6 Å². The molecular formula is C21H15F4NO. The molecule has 0 aromatic heterocycles. The van der Waals surface area contributed by atoms with Crippen LogP contribution >= 0.6 is 0 Å². The molecule has 138 valence electrons. The van der Waals surface area contributed by atoms with E-state index in [0.29, 0.717) is 22.4 Å². The Morgan fingerprint density at radius 3 is 2.30 bits per heavy atom. The first kappa shape index (κ1) is 18.6. The molecule has 0 radical (unpaired) electrons. The third kappa shape index (κ3) is 4.00. The second kappa shape index (κ2) is 7.23. The van der Waals surface area contributed by atoms with Gasteiger partial charge < -0.3 is 5.32 Å². The van der Waals surface area contributed by atoms with Crippen LogP contribution in [0.3, 0.4) is 0 Å². The van der Waals surface area contributed by atoms with Gasteiger partial charge in [-0.25, -0.2) is 4.39 Å². The molecular weight excluding hydrogens is 358 g/mol. The van der Waals surface area contributed by atoms with E-state index in [2.05, 4.69) is 5.32 Å². The molecule has 1 N–H and O–H groups in total. The molecule has 1 amide bonds. The van der Waals surface area contributed by atoms with Crippen molar-refractivity contribution in [1.82, 2.24) is 0 Å². The number of rotatable bonds is 3. The molecule has 0 atom stereocenters. The maximum Gasteiger partial charge on any atom is 0.417 e. The number of benzene rings is 3. The van der Waals surface area contributed by atoms with Crippen molar-refractivity contribution in [2.24, 2.45) is 0 Å². The van der Waals surface area contributed by atoms with Crippen molar-refractivity contribution < 1.29 is 22.4 Å². The Kier molecular flexibility index (Phi) is 4.99. The fourth-order valence-corrected chi connectivity index (χ4v) is 2.77. The lowest BCUT2D eigenvalue weighted by Gasteiger charge is -2.15. The van der Waals surface area contributed by atoms with Crippen LogP contribution < -0.4 is 5.32 Å². The van der Waals surface area contributed by atoms with Crippen LogP contribution in [0.4, 0.5) is 23.2 Å². The lowest BCUT2D eigenvalue weighted by molar-refractivity contribution is -0.137. The number of para-hydroxylation sites is 1. The van der Waals surface area contributed by atoms with E-state index < -0.39 is 23.2 Å². The molecule has 0 bridgehead atoms. The van der Waals surface area contributed by atoms with E-state index in [1.807, 2.05) is 0 Å². The highest BCUT2D eigenvalue weighted by Crippen LogP contribution is 2.33. The molecule has 0 unspecified atom stereocenters. The van der Waals surface area contributed by atoms with E-state index in [4.69, 9.17) is 0 Å². The quantitative estimate of drug-likeness (QED) is 0.555. The van der Waals surface area contributed by atoms with Gasteiger partial charge in [0.15, 0.2) is 0 Å². The van der Waals surface area contributed by atoms with Gasteiger partial charge in [0.25, 0.3) is 5.91 Å². The number of carbonyl (C=O) groups is 1. The molecule has 27 heavy (non-hydrogen) atoms. The highest BCUT2D eigenvalue weighted by atomic mass is 19.4. The molecule has 0 aliphatic heterocycles. The van der Waals surface area contributed by atoms with Gasteiger partial charge in [0, 0.05) is 11.3 Å². The van der Waals surface area contributed by atoms with Gasteiger partial charge in [-0.2, -0.15) is 13.2 Å². The molecule has 6 heteroatoms. The minimum absolute atomic E-state index is 0.338. The topological polar surface area (TPSA) is 29.1 Å². The Morgan fingerprint density at radius 1 is 0.926 bits per heavy atom. The summed E-state index contributed by atoms with van der Waals surface area (Å²) in [5, 5.41) is 2.54. The van der Waals surface area contributed by atoms with Crippen LogP contribution in [0.25, 0.3) is 11.1 Å². The van der Waals surface area contributed by atoms with Gasteiger partial charge >= 0.3 is 6.18 Å². The van der Waals surface area contributed by atoms with Crippen molar-refractivity contribution in [3.05, 3.63) is 89.2 Å². The first-order valence-corrected chi connectivity index (χ1v) is 8.10. The average Bonchev–Trinajstić information content (AvgIpc) is 2.64. The maximum absolute atomic E-state index is 13.5. The molecule has 0 saturated carbocycles. The highest BCUT2D eigenvalue weighted by molar-refractivity contribution is 6.07. The minimum Gasteiger partial charge on any atom is -0.321 e. The van der Waals surface area contributed by atoms with E-state index in [1.165, 1.54) is 18.2 Å². The second-order valence-corrected chi connectivity index (χ2v) is 6.01. The van der Waals surface area contributed by atoms with Gasteiger partial charge in [-0.05, 0) is 48.4 Å². The zero-order valence-electron chi connectivity index (χ0n) is 14.3. The number of hydrogen-bond donors (Lipinski definition) is 1. The van der Waals surface area contributed by atoms with Gasteiger partial charge in [0.2, 0.25) is 0 Å². The van der Waals surface area contributed by atoms with E-state index in [9.17, 15) is 22.4 Å². The number of anilines is 1. The van der Waals surface area contributed by atoms with Crippen LogP contribution in [-0.2, 0) is 6.18 Å². The maximum atomic E-state index is 13.5. The minimum atomic E-state index is -4.64. The van der Waals surface area contributed by atoms with Crippen molar-refractivity contribution in [3.8, 4) is 11.1 Å². The number of nitrogens with one attached hydrogen (secondary N) is 1. The molecule has 3 rings (SSSR count). The molecule has 0 aliphatic carbocycles. The number of hydrogen-bond acceptors (Lipinski definition) is 1. The van der Waals surface area contributed by atoms with Crippen LogP contribution in [0.5, 0.6) is 0 Å². The van der Waals surface area contributed by atoms with Crippen molar-refractivity contribution in [2.75, 3.05) is 5.32 Å². The number of alkyl halides is 3. The number of aryl methyl sites for hydroxylation is 1. The van der Waals surface area contributed by atoms with Crippen molar-refractivity contribution in [3.63, 3.8) is 0 Å². The van der Waals surface area contributed by atoms with Crippen LogP contribution in [0.15, 0.2) is 66.7 Å². The summed E-state index contributed by atoms with van der Waals surface area (Å²) in [5.74, 6) is -1.23. The standard InChI is InChI=1S/C21H15F4NO/c1-13-12-14(10-11-18(13)22)15-6-3-5-9-19(15)26-20(27)16-7-2-4-8-17(16)21(23,24)25/h2-12H,1H3,(H,26,27). The Hall–Kier alpha value is -3.15. The highest BCUT2D eigenvalue weighted by Gasteiger charge is 2.34. The summed E-state index contributed by atoms with van der Waals surface area (Å²) >= 11 is 0. The lowest BCUT2D eigenvalue weighted by Crippen LogP contribution is -2.19. The normalized spacial score (nSPS) is 11.3. The summed E-state index contributed by atoms with van der Waals surface area (Å²) in [7, 11) is 0. The Morgan fingerprint density at radius 2 is 1.59 bits per heavy atom. The Labute approximate surface area is 153 Å². The van der Waals surface area contributed by atoms with E-state index in [1.54, 1.807) is 43.3 Å². The third-order valence-electron chi connectivity index (χ3n) is 4.12. The Balaban J connectivity index is 1.98. The van der Waals surface area contributed by atoms with Crippen molar-refractivity contribution in [2.45, 2.75) is 13.1 Å². The van der Waals surface area contributed by atoms with E-state index in [0.717, 1.165) is 12.1 Å². The smallest absolute Gasteiger partial charge is 0.321 e. The van der Waals surface area contributed by atoms with Gasteiger partial charge in [-0.15, -0.1) is 0 Å². The van der Waals surface area contributed by atoms with E-state index in [-0.39, 0.29) is 5.82 Å².